The van der Waals surface area contributed by atoms with Crippen LogP contribution < -0.4 is 0 Å². The van der Waals surface area contributed by atoms with Crippen LogP contribution in [0.4, 0.5) is 0 Å². The second-order valence-corrected chi connectivity index (χ2v) is 15.2. The number of aromatic nitrogens is 1. The molecule has 7 rings (SSSR count). The lowest BCUT2D eigenvalue weighted by atomic mass is 9.41. The number of esters is 1. The van der Waals surface area contributed by atoms with Gasteiger partial charge in [-0.15, -0.1) is 0 Å². The van der Waals surface area contributed by atoms with Crippen molar-refractivity contribution in [1.82, 2.24) is 4.98 Å². The maximum atomic E-state index is 12.8. The molecule has 3 N–H and O–H groups in total. The Morgan fingerprint density at radius 3 is 2.70 bits per heavy atom. The van der Waals surface area contributed by atoms with Crippen LogP contribution in [0.2, 0.25) is 0 Å². The van der Waals surface area contributed by atoms with E-state index in [1.165, 1.54) is 0 Å². The molecule has 1 aromatic rings. The fourth-order valence-electron chi connectivity index (χ4n) is 10.8. The number of nitrogens with zero attached hydrogens (tertiary/aromatic N) is 2. The Labute approximate surface area is 271 Å². The smallest absolute Gasteiger partial charge is 0.331 e. The molecule has 0 amide bonds. The van der Waals surface area contributed by atoms with E-state index < -0.39 is 35.1 Å². The van der Waals surface area contributed by atoms with E-state index in [1.54, 1.807) is 19.4 Å². The molecule has 0 radical (unpaired) electrons. The standard InChI is InChI=1S/C36H50N2O8/c1-22-32(40)29(43-3)16-31(45-22)46-25-6-11-34(21-38-19-23-5-4-14-37-18-23)27-7-10-33(2)26(24-15-30(39)44-20-24)9-13-36(33,42)28(27)8-12-35(34,41)17-25/h4-5,14-15,18,21-22,25-29,31-32,40-42H,6-13,16-17,19-20H2,1-3H3/t22-,25+,26-,27-,28+,29+,31-,32+,33+,34-,35-,36-/m0/s1. The van der Waals surface area contributed by atoms with E-state index in [1.807, 2.05) is 31.5 Å². The van der Waals surface area contributed by atoms with Crippen molar-refractivity contribution >= 4 is 12.2 Å². The molecule has 6 aliphatic rings. The number of cyclic esters (lactones) is 1. The maximum Gasteiger partial charge on any atom is 0.331 e. The topological polar surface area (TPSA) is 140 Å². The third kappa shape index (κ3) is 5.10. The highest BCUT2D eigenvalue weighted by atomic mass is 16.7. The predicted octanol–water partition coefficient (Wildman–Crippen LogP) is 3.90. The number of aliphatic hydroxyl groups excluding tert-OH is 1. The van der Waals surface area contributed by atoms with Crippen LogP contribution >= 0.6 is 0 Å². The number of hydrogen-bond donors (Lipinski definition) is 3. The second-order valence-electron chi connectivity index (χ2n) is 15.2. The number of hydrogen-bond acceptors (Lipinski definition) is 10. The van der Waals surface area contributed by atoms with Gasteiger partial charge in [0.2, 0.25) is 0 Å². The van der Waals surface area contributed by atoms with Gasteiger partial charge in [0, 0.05) is 55.5 Å². The number of carbonyl (C=O) groups excluding carboxylic acids is 1. The third-order valence-electron chi connectivity index (χ3n) is 13.2. The molecule has 12 atom stereocenters. The fraction of sp³-hybridized carbons (Fsp3) is 0.750. The Balaban J connectivity index is 1.17. The van der Waals surface area contributed by atoms with Gasteiger partial charge in [-0.25, -0.2) is 4.79 Å². The molecule has 5 fully saturated rings. The van der Waals surface area contributed by atoms with Crippen molar-refractivity contribution in [2.75, 3.05) is 13.7 Å². The van der Waals surface area contributed by atoms with E-state index in [0.29, 0.717) is 51.7 Å². The Hall–Kier alpha value is -2.21. The molecule has 0 bridgehead atoms. The molecule has 252 valence electrons. The van der Waals surface area contributed by atoms with Crippen LogP contribution in [-0.4, -0.2) is 88.1 Å². The summed E-state index contributed by atoms with van der Waals surface area (Å²) in [4.78, 5) is 21.2. The zero-order valence-electron chi connectivity index (χ0n) is 27.3. The zero-order valence-corrected chi connectivity index (χ0v) is 27.3. The molecule has 46 heavy (non-hydrogen) atoms. The van der Waals surface area contributed by atoms with E-state index in [4.69, 9.17) is 23.9 Å². The number of rotatable bonds is 7. The highest BCUT2D eigenvalue weighted by Crippen LogP contribution is 2.70. The number of aliphatic imine (C=N–C) groups is 1. The summed E-state index contributed by atoms with van der Waals surface area (Å²) in [5.74, 6) is -0.118. The van der Waals surface area contributed by atoms with Crippen molar-refractivity contribution in [3.8, 4) is 0 Å². The molecule has 0 spiro atoms. The normalized spacial score (nSPS) is 47.2. The van der Waals surface area contributed by atoms with Gasteiger partial charge < -0.3 is 34.3 Å². The summed E-state index contributed by atoms with van der Waals surface area (Å²) in [6, 6.07) is 3.92. The van der Waals surface area contributed by atoms with E-state index in [2.05, 4.69) is 11.9 Å². The molecule has 4 saturated carbocycles. The average Bonchev–Trinajstić information content (AvgIpc) is 3.58. The quantitative estimate of drug-likeness (QED) is 0.231. The minimum absolute atomic E-state index is 0.00364. The number of methoxy groups -OCH3 is 1. The van der Waals surface area contributed by atoms with Crippen LogP contribution in [0.1, 0.15) is 83.6 Å². The Kier molecular flexibility index (Phi) is 8.46. The van der Waals surface area contributed by atoms with Crippen molar-refractivity contribution in [2.45, 2.75) is 127 Å². The lowest BCUT2D eigenvalue weighted by molar-refractivity contribution is -0.284. The van der Waals surface area contributed by atoms with Crippen LogP contribution in [0.25, 0.3) is 0 Å². The summed E-state index contributed by atoms with van der Waals surface area (Å²) in [5, 5.41) is 36.0. The van der Waals surface area contributed by atoms with Gasteiger partial charge in [-0.1, -0.05) is 13.0 Å². The summed E-state index contributed by atoms with van der Waals surface area (Å²) in [7, 11) is 1.59. The van der Waals surface area contributed by atoms with Crippen molar-refractivity contribution in [1.29, 1.82) is 0 Å². The molecule has 0 aromatic carbocycles. The monoisotopic (exact) mass is 638 g/mol. The number of fused-ring (bicyclic) bond motifs is 5. The van der Waals surface area contributed by atoms with Gasteiger partial charge in [-0.2, -0.15) is 0 Å². The molecule has 2 aliphatic heterocycles. The summed E-state index contributed by atoms with van der Waals surface area (Å²) in [6.07, 6.45) is 11.8. The molecule has 3 heterocycles. The molecular weight excluding hydrogens is 588 g/mol. The molecular formula is C36H50N2O8. The Morgan fingerprint density at radius 2 is 1.96 bits per heavy atom. The summed E-state index contributed by atoms with van der Waals surface area (Å²) < 4.78 is 23.4. The highest BCUT2D eigenvalue weighted by molar-refractivity contribution is 5.85. The van der Waals surface area contributed by atoms with E-state index >= 15 is 0 Å². The number of ether oxygens (including phenoxy) is 4. The Bertz CT molecular complexity index is 1360. The van der Waals surface area contributed by atoms with Gasteiger partial charge in [0.25, 0.3) is 0 Å². The fourth-order valence-corrected chi connectivity index (χ4v) is 10.8. The van der Waals surface area contributed by atoms with Gasteiger partial charge in [-0.3, -0.25) is 9.98 Å². The molecule has 0 unspecified atom stereocenters. The van der Waals surface area contributed by atoms with Gasteiger partial charge >= 0.3 is 5.97 Å². The average molecular weight is 639 g/mol. The van der Waals surface area contributed by atoms with Gasteiger partial charge in [0.05, 0.1) is 36.1 Å². The maximum absolute atomic E-state index is 12.8. The lowest BCUT2D eigenvalue weighted by Crippen LogP contribution is -2.69. The largest absolute Gasteiger partial charge is 0.458 e. The van der Waals surface area contributed by atoms with E-state index in [-0.39, 0.29) is 41.3 Å². The second kappa shape index (κ2) is 12.0. The number of pyridine rings is 1. The molecule has 1 saturated heterocycles. The third-order valence-corrected chi connectivity index (χ3v) is 13.2. The zero-order chi connectivity index (χ0) is 32.3. The van der Waals surface area contributed by atoms with Crippen LogP contribution in [0.15, 0.2) is 41.2 Å². The molecule has 1 aromatic heterocycles. The highest BCUT2D eigenvalue weighted by Gasteiger charge is 2.71. The van der Waals surface area contributed by atoms with Gasteiger partial charge in [0.15, 0.2) is 6.29 Å². The van der Waals surface area contributed by atoms with Crippen LogP contribution in [-0.2, 0) is 30.3 Å². The number of carbonyl (C=O) groups is 1. The van der Waals surface area contributed by atoms with E-state index in [0.717, 1.165) is 36.8 Å². The van der Waals surface area contributed by atoms with Crippen molar-refractivity contribution in [3.05, 3.63) is 41.7 Å². The predicted molar refractivity (Wildman–Crippen MR) is 169 cm³/mol. The van der Waals surface area contributed by atoms with Crippen molar-refractivity contribution in [2.24, 2.45) is 33.6 Å². The first-order valence-corrected chi connectivity index (χ1v) is 17.3. The minimum atomic E-state index is -1.06. The van der Waals surface area contributed by atoms with Gasteiger partial charge in [0.1, 0.15) is 12.7 Å². The van der Waals surface area contributed by atoms with Crippen LogP contribution in [0.3, 0.4) is 0 Å². The molecule has 10 heteroatoms. The SMILES string of the molecule is CO[C@@H]1C[C@H](O[C@@H]2CC[C@]3(C=NCc4cccnc4)[C@H]4CC[C@]5(C)[C@H](C6=CC(=O)OC6)CC[C@]5(O)[C@@H]4CC[C@]3(O)C2)O[C@@H](C)[C@H]1O. The van der Waals surface area contributed by atoms with Crippen molar-refractivity contribution in [3.63, 3.8) is 0 Å². The summed E-state index contributed by atoms with van der Waals surface area (Å²) in [5.41, 5.74) is -0.931. The summed E-state index contributed by atoms with van der Waals surface area (Å²) in [6.45, 7) is 4.84. The van der Waals surface area contributed by atoms with Crippen molar-refractivity contribution < 1.29 is 39.1 Å². The molecule has 10 nitrogen and oxygen atoms in total. The first kappa shape index (κ1) is 32.3. The lowest BCUT2D eigenvalue weighted by Gasteiger charge is -2.66. The van der Waals surface area contributed by atoms with Crippen LogP contribution in [0, 0.1) is 28.6 Å². The first-order chi connectivity index (χ1) is 22.0. The first-order valence-electron chi connectivity index (χ1n) is 17.3. The molecule has 4 aliphatic carbocycles. The van der Waals surface area contributed by atoms with E-state index in [9.17, 15) is 20.1 Å². The van der Waals surface area contributed by atoms with Gasteiger partial charge in [-0.05, 0) is 93.2 Å². The Morgan fingerprint density at radius 1 is 1.13 bits per heavy atom. The van der Waals surface area contributed by atoms with Crippen LogP contribution in [0.5, 0.6) is 0 Å². The minimum Gasteiger partial charge on any atom is -0.458 e. The number of aliphatic hydroxyl groups is 3. The summed E-state index contributed by atoms with van der Waals surface area (Å²) >= 11 is 0.